The Hall–Kier alpha value is -1.13. The van der Waals surface area contributed by atoms with Crippen molar-refractivity contribution in [2.24, 2.45) is 40.4 Å². The Morgan fingerprint density at radius 1 is 1.21 bits per heavy atom. The summed E-state index contributed by atoms with van der Waals surface area (Å²) in [6.45, 7) is 6.83. The number of fused-ring (bicyclic) bond motifs is 5. The van der Waals surface area contributed by atoms with Crippen LogP contribution in [0.2, 0.25) is 0 Å². The number of aliphatic hydroxyl groups is 2. The van der Waals surface area contributed by atoms with E-state index in [1.165, 1.54) is 31.6 Å². The minimum Gasteiger partial charge on any atom is -0.466 e. The van der Waals surface area contributed by atoms with Gasteiger partial charge in [0, 0.05) is 11.5 Å². The fraction of sp³-hybridized carbons (Fsp3) is 0.800. The van der Waals surface area contributed by atoms with Crippen molar-refractivity contribution in [3.8, 4) is 0 Å². The zero-order valence-corrected chi connectivity index (χ0v) is 18.4. The molecule has 0 bridgehead atoms. The molecule has 4 heteroatoms. The molecule has 3 saturated carbocycles. The van der Waals surface area contributed by atoms with Gasteiger partial charge in [0.25, 0.3) is 0 Å². The van der Waals surface area contributed by atoms with Gasteiger partial charge in [0.15, 0.2) is 0 Å². The predicted molar refractivity (Wildman–Crippen MR) is 113 cm³/mol. The maximum Gasteiger partial charge on any atom is 0.330 e. The molecule has 4 nitrogen and oxygen atoms in total. The Morgan fingerprint density at radius 2 is 1.97 bits per heavy atom. The second kappa shape index (κ2) is 7.53. The van der Waals surface area contributed by atoms with E-state index in [1.807, 2.05) is 6.08 Å². The number of hydrogen-bond acceptors (Lipinski definition) is 4. The Labute approximate surface area is 175 Å². The summed E-state index contributed by atoms with van der Waals surface area (Å²) in [6.07, 6.45) is 12.6. The number of ether oxygens (including phenoxy) is 1. The van der Waals surface area contributed by atoms with Crippen LogP contribution in [0.25, 0.3) is 0 Å². The summed E-state index contributed by atoms with van der Waals surface area (Å²) in [5, 5.41) is 21.7. The van der Waals surface area contributed by atoms with E-state index < -0.39 is 0 Å². The molecular formula is C25H38O4. The summed E-state index contributed by atoms with van der Waals surface area (Å²) in [7, 11) is 1.40. The van der Waals surface area contributed by atoms with Gasteiger partial charge in [-0.2, -0.15) is 0 Å². The van der Waals surface area contributed by atoms with Gasteiger partial charge >= 0.3 is 5.97 Å². The first-order valence-corrected chi connectivity index (χ1v) is 11.5. The molecule has 0 saturated heterocycles. The second-order valence-electron chi connectivity index (χ2n) is 10.7. The zero-order chi connectivity index (χ0) is 21.0. The average Bonchev–Trinajstić information content (AvgIpc) is 3.06. The fourth-order valence-electron chi connectivity index (χ4n) is 7.89. The first-order chi connectivity index (χ1) is 13.7. The van der Waals surface area contributed by atoms with Crippen molar-refractivity contribution < 1.29 is 19.7 Å². The van der Waals surface area contributed by atoms with Crippen LogP contribution >= 0.6 is 0 Å². The van der Waals surface area contributed by atoms with Crippen LogP contribution in [0.3, 0.4) is 0 Å². The number of hydrogen-bond donors (Lipinski definition) is 2. The molecule has 0 aliphatic heterocycles. The Morgan fingerprint density at radius 3 is 2.69 bits per heavy atom. The fourth-order valence-corrected chi connectivity index (χ4v) is 7.89. The third-order valence-electron chi connectivity index (χ3n) is 9.60. The van der Waals surface area contributed by atoms with Crippen molar-refractivity contribution in [2.75, 3.05) is 7.11 Å². The largest absolute Gasteiger partial charge is 0.466 e. The average molecular weight is 403 g/mol. The molecule has 0 heterocycles. The molecule has 2 N–H and O–H groups in total. The van der Waals surface area contributed by atoms with Gasteiger partial charge in [0.2, 0.25) is 0 Å². The highest BCUT2D eigenvalue weighted by molar-refractivity contribution is 5.81. The minimum atomic E-state index is -0.348. The lowest BCUT2D eigenvalue weighted by Gasteiger charge is -2.62. The van der Waals surface area contributed by atoms with Gasteiger partial charge in [-0.05, 0) is 80.0 Å². The molecule has 29 heavy (non-hydrogen) atoms. The normalized spacial score (nSPS) is 47.7. The van der Waals surface area contributed by atoms with Gasteiger partial charge < -0.3 is 14.9 Å². The highest BCUT2D eigenvalue weighted by Gasteiger charge is 2.61. The Balaban J connectivity index is 1.58. The van der Waals surface area contributed by atoms with Crippen molar-refractivity contribution in [1.29, 1.82) is 0 Å². The number of allylic oxidation sites excluding steroid dienone is 2. The molecule has 3 unspecified atom stereocenters. The van der Waals surface area contributed by atoms with Gasteiger partial charge in [0.05, 0.1) is 19.3 Å². The highest BCUT2D eigenvalue weighted by atomic mass is 16.5. The van der Waals surface area contributed by atoms with Crippen LogP contribution in [0.4, 0.5) is 0 Å². The number of aliphatic hydroxyl groups excluding tert-OH is 2. The highest BCUT2D eigenvalue weighted by Crippen LogP contribution is 2.66. The summed E-state index contributed by atoms with van der Waals surface area (Å²) >= 11 is 0. The lowest BCUT2D eigenvalue weighted by molar-refractivity contribution is -0.156. The maximum atomic E-state index is 11.5. The summed E-state index contributed by atoms with van der Waals surface area (Å²) in [5.74, 6) is 2.06. The number of carbonyl (C=O) groups excluding carboxylic acids is 1. The second-order valence-corrected chi connectivity index (χ2v) is 10.7. The smallest absolute Gasteiger partial charge is 0.330 e. The molecule has 0 amide bonds. The van der Waals surface area contributed by atoms with E-state index in [0.717, 1.165) is 32.1 Å². The van der Waals surface area contributed by atoms with Gasteiger partial charge in [-0.3, -0.25) is 0 Å². The van der Waals surface area contributed by atoms with Crippen LogP contribution in [0.15, 0.2) is 23.8 Å². The number of rotatable bonds is 3. The van der Waals surface area contributed by atoms with Crippen molar-refractivity contribution in [3.63, 3.8) is 0 Å². The summed E-state index contributed by atoms with van der Waals surface area (Å²) in [4.78, 5) is 11.5. The van der Waals surface area contributed by atoms with E-state index in [4.69, 9.17) is 4.74 Å². The molecule has 162 valence electrons. The number of carbonyl (C=O) groups is 1. The van der Waals surface area contributed by atoms with E-state index in [1.54, 1.807) is 0 Å². The van der Waals surface area contributed by atoms with Crippen molar-refractivity contribution >= 4 is 5.97 Å². The quantitative estimate of drug-likeness (QED) is 0.420. The van der Waals surface area contributed by atoms with E-state index in [2.05, 4.69) is 26.8 Å². The van der Waals surface area contributed by atoms with Crippen LogP contribution in [0.5, 0.6) is 0 Å². The summed E-state index contributed by atoms with van der Waals surface area (Å²) in [6, 6.07) is 0. The van der Waals surface area contributed by atoms with Crippen LogP contribution in [0.1, 0.15) is 65.7 Å². The van der Waals surface area contributed by atoms with E-state index >= 15 is 0 Å². The standard InChI is InChI=1S/C25H38O4/c1-15(5-10-23(28)29-4)19-8-9-20-18-7-6-16-13-17(26)11-12-24(16,2)21(18)14-22(27)25(19,20)3/h5,8,10,15-18,20-22,26-27H,6-7,9,11-14H2,1-4H3/t15-,16-,17-,18?,20?,21?,22+,24+,25-/m1/s1. The maximum absolute atomic E-state index is 11.5. The van der Waals surface area contributed by atoms with Gasteiger partial charge in [-0.25, -0.2) is 4.79 Å². The lowest BCUT2D eigenvalue weighted by atomic mass is 9.44. The van der Waals surface area contributed by atoms with Crippen molar-refractivity contribution in [1.82, 2.24) is 0 Å². The van der Waals surface area contributed by atoms with Crippen LogP contribution < -0.4 is 0 Å². The Kier molecular flexibility index (Phi) is 5.48. The first kappa shape index (κ1) is 21.1. The molecular weight excluding hydrogens is 364 g/mol. The van der Waals surface area contributed by atoms with E-state index in [9.17, 15) is 15.0 Å². The molecule has 0 aromatic rings. The molecule has 0 aromatic carbocycles. The van der Waals surface area contributed by atoms with Crippen molar-refractivity contribution in [3.05, 3.63) is 23.8 Å². The SMILES string of the molecule is COC(=O)C=C[C@@H](C)C1=CCC2C3CC[C@@H]4C[C@H](O)CC[C@]4(C)C3C[C@H](O)[C@]12C. The van der Waals surface area contributed by atoms with Gasteiger partial charge in [0.1, 0.15) is 0 Å². The van der Waals surface area contributed by atoms with E-state index in [-0.39, 0.29) is 34.9 Å². The van der Waals surface area contributed by atoms with Crippen LogP contribution in [0, 0.1) is 40.4 Å². The third-order valence-corrected chi connectivity index (χ3v) is 9.60. The Bertz CT molecular complexity index is 712. The molecule has 4 aliphatic carbocycles. The van der Waals surface area contributed by atoms with Gasteiger partial charge in [-0.1, -0.05) is 38.5 Å². The lowest BCUT2D eigenvalue weighted by Crippen LogP contribution is -2.58. The predicted octanol–water partition coefficient (Wildman–Crippen LogP) is 4.26. The molecule has 0 spiro atoms. The van der Waals surface area contributed by atoms with E-state index in [0.29, 0.717) is 23.7 Å². The molecule has 4 aliphatic rings. The molecule has 0 aromatic heterocycles. The molecule has 3 fully saturated rings. The molecule has 9 atom stereocenters. The third kappa shape index (κ3) is 3.22. The van der Waals surface area contributed by atoms with Crippen LogP contribution in [-0.4, -0.2) is 35.5 Å². The molecule has 0 radical (unpaired) electrons. The number of methoxy groups -OCH3 is 1. The summed E-state index contributed by atoms with van der Waals surface area (Å²) < 4.78 is 4.74. The summed E-state index contributed by atoms with van der Waals surface area (Å²) in [5.41, 5.74) is 1.34. The first-order valence-electron chi connectivity index (χ1n) is 11.5. The monoisotopic (exact) mass is 402 g/mol. The van der Waals surface area contributed by atoms with Crippen molar-refractivity contribution in [2.45, 2.75) is 77.9 Å². The zero-order valence-electron chi connectivity index (χ0n) is 18.4. The van der Waals surface area contributed by atoms with Gasteiger partial charge in [-0.15, -0.1) is 0 Å². The topological polar surface area (TPSA) is 66.8 Å². The number of esters is 1. The van der Waals surface area contributed by atoms with Crippen LogP contribution in [-0.2, 0) is 9.53 Å². The minimum absolute atomic E-state index is 0.118. The molecule has 4 rings (SSSR count).